The van der Waals surface area contributed by atoms with Gasteiger partial charge in [0.1, 0.15) is 5.82 Å². The van der Waals surface area contributed by atoms with Crippen LogP contribution in [0, 0.1) is 5.82 Å². The number of hydrogen-bond acceptors (Lipinski definition) is 4. The molecule has 25 heavy (non-hydrogen) atoms. The molecule has 3 rings (SSSR count). The van der Waals surface area contributed by atoms with Gasteiger partial charge < -0.3 is 15.4 Å². The Morgan fingerprint density at radius 1 is 1.16 bits per heavy atom. The molecule has 1 aromatic carbocycles. The molecule has 128 valence electrons. The van der Waals surface area contributed by atoms with E-state index in [1.54, 1.807) is 24.0 Å². The van der Waals surface area contributed by atoms with Crippen LogP contribution >= 0.6 is 0 Å². The fourth-order valence-corrected chi connectivity index (χ4v) is 2.33. The minimum absolute atomic E-state index is 0.369. The molecule has 7 nitrogen and oxygen atoms in total. The number of benzene rings is 1. The number of ether oxygens (including phenoxy) is 1. The van der Waals surface area contributed by atoms with Gasteiger partial charge in [0.2, 0.25) is 5.88 Å². The summed E-state index contributed by atoms with van der Waals surface area (Å²) in [7, 11) is 3.33. The summed E-state index contributed by atoms with van der Waals surface area (Å²) in [5.41, 5.74) is 2.46. The first-order chi connectivity index (χ1) is 12.1. The predicted octanol–water partition coefficient (Wildman–Crippen LogP) is 3.27. The van der Waals surface area contributed by atoms with E-state index in [9.17, 15) is 9.18 Å². The number of nitrogens with zero attached hydrogens (tertiary/aromatic N) is 3. The molecule has 2 heterocycles. The van der Waals surface area contributed by atoms with Gasteiger partial charge in [-0.3, -0.25) is 4.68 Å². The van der Waals surface area contributed by atoms with Crippen LogP contribution in [0.4, 0.5) is 20.6 Å². The van der Waals surface area contributed by atoms with Crippen molar-refractivity contribution in [2.24, 2.45) is 7.05 Å². The number of aromatic nitrogens is 3. The van der Waals surface area contributed by atoms with Crippen LogP contribution in [0.1, 0.15) is 0 Å². The van der Waals surface area contributed by atoms with Gasteiger partial charge in [0.05, 0.1) is 30.3 Å². The maximum atomic E-state index is 12.9. The second-order valence-corrected chi connectivity index (χ2v) is 5.21. The molecular weight excluding hydrogens is 325 g/mol. The number of anilines is 2. The summed E-state index contributed by atoms with van der Waals surface area (Å²) in [6.45, 7) is 0. The molecule has 0 saturated heterocycles. The highest BCUT2D eigenvalue weighted by atomic mass is 19.1. The first-order valence-electron chi connectivity index (χ1n) is 7.43. The van der Waals surface area contributed by atoms with Crippen LogP contribution in [0.15, 0.2) is 48.8 Å². The summed E-state index contributed by atoms with van der Waals surface area (Å²) in [5, 5.41) is 9.43. The fourth-order valence-electron chi connectivity index (χ4n) is 2.33. The molecule has 0 aliphatic heterocycles. The number of methoxy groups -OCH3 is 1. The number of nitrogens with one attached hydrogen (secondary N) is 2. The van der Waals surface area contributed by atoms with E-state index in [1.807, 2.05) is 6.07 Å². The Morgan fingerprint density at radius 2 is 1.88 bits per heavy atom. The maximum Gasteiger partial charge on any atom is 0.323 e. The molecule has 2 amide bonds. The minimum Gasteiger partial charge on any atom is -0.481 e. The molecule has 0 bridgehead atoms. The van der Waals surface area contributed by atoms with Gasteiger partial charge in [0, 0.05) is 18.9 Å². The van der Waals surface area contributed by atoms with Crippen molar-refractivity contribution in [3.63, 3.8) is 0 Å². The molecule has 0 atom stereocenters. The molecule has 0 spiro atoms. The molecule has 0 fully saturated rings. The van der Waals surface area contributed by atoms with Crippen LogP contribution in [0.25, 0.3) is 11.3 Å². The number of amides is 2. The average molecular weight is 341 g/mol. The average Bonchev–Trinajstić information content (AvgIpc) is 3.02. The van der Waals surface area contributed by atoms with Crippen LogP contribution in [0.3, 0.4) is 0 Å². The van der Waals surface area contributed by atoms with Crippen molar-refractivity contribution in [3.8, 4) is 17.1 Å². The van der Waals surface area contributed by atoms with Gasteiger partial charge in [0.25, 0.3) is 0 Å². The van der Waals surface area contributed by atoms with Crippen LogP contribution in [-0.4, -0.2) is 27.9 Å². The zero-order valence-corrected chi connectivity index (χ0v) is 13.7. The van der Waals surface area contributed by atoms with Crippen LogP contribution in [0.5, 0.6) is 5.88 Å². The van der Waals surface area contributed by atoms with Gasteiger partial charge in [-0.2, -0.15) is 5.10 Å². The van der Waals surface area contributed by atoms with E-state index >= 15 is 0 Å². The minimum atomic E-state index is -0.463. The van der Waals surface area contributed by atoms with E-state index in [0.717, 1.165) is 5.69 Å². The largest absolute Gasteiger partial charge is 0.481 e. The predicted molar refractivity (Wildman–Crippen MR) is 92.0 cm³/mol. The number of halogens is 1. The quantitative estimate of drug-likeness (QED) is 0.763. The fraction of sp³-hybridized carbons (Fsp3) is 0.118. The van der Waals surface area contributed by atoms with E-state index in [1.165, 1.54) is 37.6 Å². The van der Waals surface area contributed by atoms with E-state index in [4.69, 9.17) is 4.74 Å². The molecule has 0 unspecified atom stereocenters. The lowest BCUT2D eigenvalue weighted by Crippen LogP contribution is -2.19. The molecule has 8 heteroatoms. The maximum absolute atomic E-state index is 12.9. The Morgan fingerprint density at radius 3 is 2.52 bits per heavy atom. The first-order valence-corrected chi connectivity index (χ1v) is 7.43. The second-order valence-electron chi connectivity index (χ2n) is 5.21. The number of hydrogen-bond donors (Lipinski definition) is 2. The summed E-state index contributed by atoms with van der Waals surface area (Å²) in [5.74, 6) is 0.0548. The third kappa shape index (κ3) is 3.74. The van der Waals surface area contributed by atoms with E-state index in [0.29, 0.717) is 22.8 Å². The Hall–Kier alpha value is -3.42. The highest BCUT2D eigenvalue weighted by Crippen LogP contribution is 2.29. The molecule has 0 aliphatic rings. The van der Waals surface area contributed by atoms with Crippen molar-refractivity contribution in [2.45, 2.75) is 0 Å². The third-order valence-corrected chi connectivity index (χ3v) is 3.50. The Balaban J connectivity index is 1.79. The number of rotatable bonds is 4. The Bertz CT molecular complexity index is 892. The van der Waals surface area contributed by atoms with Crippen LogP contribution < -0.4 is 15.4 Å². The van der Waals surface area contributed by atoms with Crippen molar-refractivity contribution in [3.05, 3.63) is 54.6 Å². The number of pyridine rings is 1. The topological polar surface area (TPSA) is 81.1 Å². The lowest BCUT2D eigenvalue weighted by Gasteiger charge is -2.11. The summed E-state index contributed by atoms with van der Waals surface area (Å²) >= 11 is 0. The summed E-state index contributed by atoms with van der Waals surface area (Å²) in [6.07, 6.45) is 3.15. The standard InChI is InChI=1S/C17H16FN5O2/c1-23-15(7-8-20-23)14-9-13(10-19-16(14)25-2)22-17(24)21-12-5-3-11(18)4-6-12/h3-10H,1-2H3,(H2,21,22,24). The molecule has 0 saturated carbocycles. The third-order valence-electron chi connectivity index (χ3n) is 3.50. The highest BCUT2D eigenvalue weighted by molar-refractivity contribution is 6.00. The van der Waals surface area contributed by atoms with Gasteiger partial charge >= 0.3 is 6.03 Å². The molecule has 0 aliphatic carbocycles. The van der Waals surface area contributed by atoms with Crippen molar-refractivity contribution in [2.75, 3.05) is 17.7 Å². The van der Waals surface area contributed by atoms with Crippen molar-refractivity contribution in [1.29, 1.82) is 0 Å². The van der Waals surface area contributed by atoms with Crippen molar-refractivity contribution in [1.82, 2.24) is 14.8 Å². The molecule has 0 radical (unpaired) electrons. The Kier molecular flexibility index (Phi) is 4.60. The van der Waals surface area contributed by atoms with Crippen molar-refractivity contribution < 1.29 is 13.9 Å². The number of aryl methyl sites for hydroxylation is 1. The Labute approximate surface area is 143 Å². The lowest BCUT2D eigenvalue weighted by atomic mass is 10.2. The molecule has 2 N–H and O–H groups in total. The van der Waals surface area contributed by atoms with Crippen molar-refractivity contribution >= 4 is 17.4 Å². The second kappa shape index (κ2) is 7.00. The van der Waals surface area contributed by atoms with E-state index in [-0.39, 0.29) is 5.82 Å². The van der Waals surface area contributed by atoms with Gasteiger partial charge in [0.15, 0.2) is 0 Å². The van der Waals surface area contributed by atoms with Gasteiger partial charge in [-0.1, -0.05) is 0 Å². The summed E-state index contributed by atoms with van der Waals surface area (Å²) in [6, 6.07) is 8.59. The van der Waals surface area contributed by atoms with E-state index in [2.05, 4.69) is 20.7 Å². The number of urea groups is 1. The van der Waals surface area contributed by atoms with Gasteiger partial charge in [-0.25, -0.2) is 14.2 Å². The highest BCUT2D eigenvalue weighted by Gasteiger charge is 2.13. The molecular formula is C17H16FN5O2. The zero-order valence-electron chi connectivity index (χ0n) is 13.7. The van der Waals surface area contributed by atoms with Crippen LogP contribution in [-0.2, 0) is 7.05 Å². The van der Waals surface area contributed by atoms with E-state index < -0.39 is 6.03 Å². The summed E-state index contributed by atoms with van der Waals surface area (Å²) in [4.78, 5) is 16.3. The normalized spacial score (nSPS) is 10.4. The number of carbonyl (C=O) groups is 1. The van der Waals surface area contributed by atoms with Gasteiger partial charge in [-0.05, 0) is 36.4 Å². The summed E-state index contributed by atoms with van der Waals surface area (Å²) < 4.78 is 19.9. The lowest BCUT2D eigenvalue weighted by molar-refractivity contribution is 0.262. The first kappa shape index (κ1) is 16.4. The van der Waals surface area contributed by atoms with Crippen LogP contribution in [0.2, 0.25) is 0 Å². The smallest absolute Gasteiger partial charge is 0.323 e. The SMILES string of the molecule is COc1ncc(NC(=O)Nc2ccc(F)cc2)cc1-c1ccnn1C. The molecule has 3 aromatic rings. The monoisotopic (exact) mass is 341 g/mol. The molecule has 2 aromatic heterocycles. The number of carbonyl (C=O) groups excluding carboxylic acids is 1. The zero-order chi connectivity index (χ0) is 17.8. The van der Waals surface area contributed by atoms with Gasteiger partial charge in [-0.15, -0.1) is 0 Å².